The fourth-order valence-electron chi connectivity index (χ4n) is 4.33. The van der Waals surface area contributed by atoms with Gasteiger partial charge in [-0.05, 0) is 56.9 Å². The molecule has 0 bridgehead atoms. The molecule has 1 heterocycles. The molecule has 2 heteroatoms. The molecule has 0 unspecified atom stereocenters. The Morgan fingerprint density at radius 1 is 0.636 bits per heavy atom. The fraction of sp³-hybridized carbons (Fsp3) is 0.677. The molecule has 0 atom stereocenters. The molecule has 0 radical (unpaired) electrons. The van der Waals surface area contributed by atoms with E-state index >= 15 is 0 Å². The zero-order chi connectivity index (χ0) is 23.8. The van der Waals surface area contributed by atoms with Crippen molar-refractivity contribution in [2.45, 2.75) is 136 Å². The molecular weight excluding hydrogens is 397 g/mol. The smallest absolute Gasteiger partial charge is 0.312 e. The molecular formula is C31H54BN. The van der Waals surface area contributed by atoms with Crippen molar-refractivity contribution >= 4 is 6.85 Å². The lowest BCUT2D eigenvalue weighted by molar-refractivity contribution is 0.633. The maximum Gasteiger partial charge on any atom is 0.312 e. The Labute approximate surface area is 208 Å². The van der Waals surface area contributed by atoms with E-state index in [1.807, 2.05) is 0 Å². The summed E-state index contributed by atoms with van der Waals surface area (Å²) in [6.07, 6.45) is 40.3. The Bertz CT molecular complexity index is 584. The monoisotopic (exact) mass is 451 g/mol. The molecule has 186 valence electrons. The van der Waals surface area contributed by atoms with E-state index in [0.717, 1.165) is 0 Å². The number of allylic oxidation sites excluding steroid dienone is 6. The third kappa shape index (κ3) is 15.9. The first-order chi connectivity index (χ1) is 16.3. The molecule has 0 saturated carbocycles. The summed E-state index contributed by atoms with van der Waals surface area (Å²) < 4.78 is 0. The normalized spacial score (nSPS) is 14.5. The Balaban J connectivity index is 2.59. The standard InChI is InChI=1S/C31H54BN/c1-4-7-10-13-16-19-22-26-31-27-25-29-32(28-23-20-17-14-11-8-5-2)33(31)30-24-21-18-15-12-9-6-3/h22-30H,4-21H2,1-3H3/b26-22+,28-23+,30-24+. The molecule has 0 aromatic carbocycles. The van der Waals surface area contributed by atoms with Crippen LogP contribution in [0.3, 0.4) is 0 Å². The molecule has 0 saturated heterocycles. The molecule has 1 aliphatic rings. The van der Waals surface area contributed by atoms with Crippen molar-refractivity contribution in [1.29, 1.82) is 0 Å². The average molecular weight is 452 g/mol. The number of hydrogen-bond donors (Lipinski definition) is 0. The van der Waals surface area contributed by atoms with Crippen LogP contribution in [0.4, 0.5) is 0 Å². The van der Waals surface area contributed by atoms with E-state index in [4.69, 9.17) is 0 Å². The first-order valence-electron chi connectivity index (χ1n) is 14.5. The van der Waals surface area contributed by atoms with E-state index in [9.17, 15) is 0 Å². The van der Waals surface area contributed by atoms with Gasteiger partial charge in [0, 0.05) is 5.70 Å². The molecule has 0 aliphatic carbocycles. The molecule has 1 nitrogen and oxygen atoms in total. The summed E-state index contributed by atoms with van der Waals surface area (Å²) in [5.74, 6) is 4.74. The molecule has 0 fully saturated rings. The van der Waals surface area contributed by atoms with Crippen molar-refractivity contribution in [2.24, 2.45) is 0 Å². The molecule has 33 heavy (non-hydrogen) atoms. The fourth-order valence-corrected chi connectivity index (χ4v) is 4.33. The van der Waals surface area contributed by atoms with Gasteiger partial charge in [0.15, 0.2) is 0 Å². The Hall–Kier alpha value is -1.44. The lowest BCUT2D eigenvalue weighted by atomic mass is 9.58. The van der Waals surface area contributed by atoms with E-state index in [0.29, 0.717) is 6.85 Å². The molecule has 0 aromatic rings. The van der Waals surface area contributed by atoms with Crippen molar-refractivity contribution in [3.05, 3.63) is 60.3 Å². The van der Waals surface area contributed by atoms with Gasteiger partial charge in [-0.3, -0.25) is 0 Å². The molecule has 0 spiro atoms. The van der Waals surface area contributed by atoms with Crippen LogP contribution < -0.4 is 0 Å². The number of unbranched alkanes of at least 4 members (excludes halogenated alkanes) is 15. The predicted molar refractivity (Wildman–Crippen MR) is 152 cm³/mol. The van der Waals surface area contributed by atoms with E-state index < -0.39 is 0 Å². The first-order valence-corrected chi connectivity index (χ1v) is 14.5. The zero-order valence-corrected chi connectivity index (χ0v) is 22.4. The van der Waals surface area contributed by atoms with Crippen LogP contribution >= 0.6 is 0 Å². The maximum atomic E-state index is 2.47. The minimum atomic E-state index is 0.339. The van der Waals surface area contributed by atoms with E-state index in [2.05, 4.69) is 80.2 Å². The summed E-state index contributed by atoms with van der Waals surface area (Å²) in [5.41, 5.74) is 1.32. The van der Waals surface area contributed by atoms with Crippen molar-refractivity contribution in [3.8, 4) is 0 Å². The molecule has 0 N–H and O–H groups in total. The van der Waals surface area contributed by atoms with E-state index in [-0.39, 0.29) is 0 Å². The highest BCUT2D eigenvalue weighted by Crippen LogP contribution is 2.19. The second-order valence-corrected chi connectivity index (χ2v) is 9.70. The van der Waals surface area contributed by atoms with Crippen LogP contribution in [0.2, 0.25) is 0 Å². The highest BCUT2D eigenvalue weighted by atomic mass is 15.0. The van der Waals surface area contributed by atoms with Crippen LogP contribution in [0.1, 0.15) is 136 Å². The Morgan fingerprint density at radius 3 is 1.73 bits per heavy atom. The summed E-state index contributed by atoms with van der Waals surface area (Å²) in [7, 11) is 0. The topological polar surface area (TPSA) is 3.24 Å². The summed E-state index contributed by atoms with van der Waals surface area (Å²) in [6, 6.07) is 0. The van der Waals surface area contributed by atoms with Crippen LogP contribution in [0, 0.1) is 0 Å². The minimum absolute atomic E-state index is 0.339. The highest BCUT2D eigenvalue weighted by molar-refractivity contribution is 6.67. The summed E-state index contributed by atoms with van der Waals surface area (Å²) >= 11 is 0. The molecule has 0 amide bonds. The lowest BCUT2D eigenvalue weighted by Crippen LogP contribution is -2.33. The SMILES string of the molecule is CCCCCCC/C=C/B1C=CC=C(/C=C/CCCCCCC)N1/C=C/CCCCCCC. The van der Waals surface area contributed by atoms with Gasteiger partial charge in [-0.25, -0.2) is 0 Å². The minimum Gasteiger partial charge on any atom is -0.384 e. The predicted octanol–water partition coefficient (Wildman–Crippen LogP) is 10.5. The summed E-state index contributed by atoms with van der Waals surface area (Å²) in [6.45, 7) is 7.20. The van der Waals surface area contributed by atoms with Crippen LogP contribution in [0.15, 0.2) is 60.3 Å². The van der Waals surface area contributed by atoms with Crippen molar-refractivity contribution in [3.63, 3.8) is 0 Å². The number of nitrogens with zero attached hydrogens (tertiary/aromatic N) is 1. The van der Waals surface area contributed by atoms with Gasteiger partial charge in [-0.1, -0.05) is 134 Å². The second-order valence-electron chi connectivity index (χ2n) is 9.70. The third-order valence-electron chi connectivity index (χ3n) is 6.51. The van der Waals surface area contributed by atoms with Crippen LogP contribution in [-0.2, 0) is 0 Å². The second kappa shape index (κ2) is 22.4. The van der Waals surface area contributed by atoms with Crippen molar-refractivity contribution < 1.29 is 0 Å². The Morgan fingerprint density at radius 2 is 1.15 bits per heavy atom. The first kappa shape index (κ1) is 29.6. The third-order valence-corrected chi connectivity index (χ3v) is 6.51. The largest absolute Gasteiger partial charge is 0.384 e. The average Bonchev–Trinajstić information content (AvgIpc) is 2.83. The lowest BCUT2D eigenvalue weighted by Gasteiger charge is -2.28. The molecule has 1 rings (SSSR count). The van der Waals surface area contributed by atoms with Gasteiger partial charge in [0.05, 0.1) is 0 Å². The summed E-state index contributed by atoms with van der Waals surface area (Å²) in [5, 5.41) is 0. The van der Waals surface area contributed by atoms with E-state index in [1.54, 1.807) is 0 Å². The van der Waals surface area contributed by atoms with Gasteiger partial charge in [0.2, 0.25) is 0 Å². The van der Waals surface area contributed by atoms with Gasteiger partial charge in [0.25, 0.3) is 0 Å². The van der Waals surface area contributed by atoms with Crippen LogP contribution in [-0.4, -0.2) is 11.7 Å². The molecule has 1 aliphatic heterocycles. The quantitative estimate of drug-likeness (QED) is 0.124. The van der Waals surface area contributed by atoms with Gasteiger partial charge < -0.3 is 4.81 Å². The van der Waals surface area contributed by atoms with Gasteiger partial charge in [-0.2, -0.15) is 0 Å². The van der Waals surface area contributed by atoms with Crippen LogP contribution in [0.25, 0.3) is 0 Å². The van der Waals surface area contributed by atoms with Gasteiger partial charge in [-0.15, -0.1) is 0 Å². The zero-order valence-electron chi connectivity index (χ0n) is 22.4. The van der Waals surface area contributed by atoms with E-state index in [1.165, 1.54) is 121 Å². The highest BCUT2D eigenvalue weighted by Gasteiger charge is 2.19. The molecule has 0 aromatic heterocycles. The van der Waals surface area contributed by atoms with Crippen molar-refractivity contribution in [2.75, 3.05) is 0 Å². The Kier molecular flexibility index (Phi) is 20.1. The number of rotatable bonds is 21. The number of hydrogen-bond acceptors (Lipinski definition) is 1. The van der Waals surface area contributed by atoms with Gasteiger partial charge >= 0.3 is 6.85 Å². The van der Waals surface area contributed by atoms with Crippen molar-refractivity contribution in [1.82, 2.24) is 4.81 Å². The van der Waals surface area contributed by atoms with Gasteiger partial charge in [0.1, 0.15) is 0 Å². The van der Waals surface area contributed by atoms with Crippen LogP contribution in [0.5, 0.6) is 0 Å². The summed E-state index contributed by atoms with van der Waals surface area (Å²) in [4.78, 5) is 2.47. The maximum absolute atomic E-state index is 2.47.